The maximum atomic E-state index is 12.2. The van der Waals surface area contributed by atoms with Crippen LogP contribution in [0.25, 0.3) is 0 Å². The number of rotatable bonds is 4. The lowest BCUT2D eigenvalue weighted by molar-refractivity contribution is 0.0764. The lowest BCUT2D eigenvalue weighted by Gasteiger charge is -2.26. The minimum absolute atomic E-state index is 0.267. The van der Waals surface area contributed by atoms with Gasteiger partial charge in [-0.25, -0.2) is 9.59 Å². The third-order valence-corrected chi connectivity index (χ3v) is 5.26. The zero-order valence-corrected chi connectivity index (χ0v) is 16.0. The quantitative estimate of drug-likeness (QED) is 0.581. The van der Waals surface area contributed by atoms with Gasteiger partial charge in [-0.2, -0.15) is 0 Å². The van der Waals surface area contributed by atoms with Gasteiger partial charge in [0.25, 0.3) is 0 Å². The van der Waals surface area contributed by atoms with Gasteiger partial charge in [0.2, 0.25) is 0 Å². The Morgan fingerprint density at radius 1 is 1.26 bits per heavy atom. The molecule has 0 aromatic heterocycles. The van der Waals surface area contributed by atoms with Crippen molar-refractivity contribution in [2.75, 3.05) is 33.8 Å². The van der Waals surface area contributed by atoms with E-state index in [1.807, 2.05) is 12.2 Å². The Labute approximate surface area is 140 Å². The van der Waals surface area contributed by atoms with Crippen LogP contribution < -0.4 is 0 Å². The molecule has 1 heterocycles. The van der Waals surface area contributed by atoms with Crippen LogP contribution in [0.3, 0.4) is 0 Å². The average molecular weight is 343 g/mol. The molecule has 0 aromatic carbocycles. The van der Waals surface area contributed by atoms with Crippen molar-refractivity contribution in [2.24, 2.45) is 0 Å². The Hall–Kier alpha value is -1.50. The van der Waals surface area contributed by atoms with E-state index >= 15 is 0 Å². The first-order valence-electron chi connectivity index (χ1n) is 8.15. The molecule has 1 atom stereocenters. The highest BCUT2D eigenvalue weighted by Crippen LogP contribution is 2.12. The number of carbonyl (C=O) groups excluding carboxylic acids is 2. The van der Waals surface area contributed by atoms with Gasteiger partial charge in [0.15, 0.2) is 0 Å². The van der Waals surface area contributed by atoms with Gasteiger partial charge in [0.05, 0.1) is 6.61 Å². The van der Waals surface area contributed by atoms with E-state index in [0.29, 0.717) is 26.1 Å². The monoisotopic (exact) mass is 342 g/mol. The Morgan fingerprint density at radius 3 is 2.57 bits per heavy atom. The zero-order valence-electron chi connectivity index (χ0n) is 15.0. The first-order chi connectivity index (χ1) is 10.7. The third-order valence-electron chi connectivity index (χ3n) is 3.55. The van der Waals surface area contributed by atoms with Crippen molar-refractivity contribution < 1.29 is 19.1 Å². The number of carbonyl (C=O) groups is 2. The molecule has 0 saturated carbocycles. The summed E-state index contributed by atoms with van der Waals surface area (Å²) in [5.74, 6) is 0. The Kier molecular flexibility index (Phi) is 7.61. The number of amides is 2. The number of hydrogen-bond acceptors (Lipinski definition) is 4. The summed E-state index contributed by atoms with van der Waals surface area (Å²) in [5, 5.41) is 0. The molecule has 0 saturated heterocycles. The molecule has 1 rings (SSSR count). The van der Waals surface area contributed by atoms with Gasteiger partial charge < -0.3 is 19.3 Å². The van der Waals surface area contributed by atoms with Crippen molar-refractivity contribution in [2.45, 2.75) is 44.6 Å². The first kappa shape index (κ1) is 19.5. The summed E-state index contributed by atoms with van der Waals surface area (Å²) in [5.41, 5.74) is 0. The largest absolute Gasteiger partial charge is 0.450 e. The van der Waals surface area contributed by atoms with E-state index in [9.17, 15) is 9.59 Å². The van der Waals surface area contributed by atoms with E-state index in [1.54, 1.807) is 19.0 Å². The summed E-state index contributed by atoms with van der Waals surface area (Å²) < 4.78 is 10.8. The van der Waals surface area contributed by atoms with Gasteiger partial charge in [-0.3, -0.25) is 0 Å². The fourth-order valence-corrected chi connectivity index (χ4v) is 2.74. The van der Waals surface area contributed by atoms with Crippen LogP contribution in [0.15, 0.2) is 12.2 Å². The van der Waals surface area contributed by atoms with E-state index in [0.717, 1.165) is 12.5 Å². The molecule has 0 N–H and O–H groups in total. The van der Waals surface area contributed by atoms with Crippen molar-refractivity contribution >= 4 is 20.3 Å². The molecule has 7 heteroatoms. The summed E-state index contributed by atoms with van der Waals surface area (Å²) in [6, 6.07) is 0.968. The predicted molar refractivity (Wildman–Crippen MR) is 93.4 cm³/mol. The van der Waals surface area contributed by atoms with E-state index in [4.69, 9.17) is 9.47 Å². The van der Waals surface area contributed by atoms with Crippen molar-refractivity contribution in [3.8, 4) is 0 Å². The molecular weight excluding hydrogens is 312 g/mol. The second-order valence-corrected chi connectivity index (χ2v) is 12.9. The molecule has 0 unspecified atom stereocenters. The van der Waals surface area contributed by atoms with Gasteiger partial charge in [0, 0.05) is 41.7 Å². The summed E-state index contributed by atoms with van der Waals surface area (Å²) in [7, 11) is 2.10. The Balaban J connectivity index is 2.46. The fraction of sp³-hybridized carbons (Fsp3) is 0.750. The molecule has 2 amide bonds. The van der Waals surface area contributed by atoms with Gasteiger partial charge in [-0.15, -0.1) is 0 Å². The highest BCUT2D eigenvalue weighted by atomic mass is 28.3. The first-order valence-corrected chi connectivity index (χ1v) is 11.9. The van der Waals surface area contributed by atoms with Crippen LogP contribution >= 0.6 is 0 Å². The van der Waals surface area contributed by atoms with Crippen LogP contribution in [0.1, 0.15) is 12.8 Å². The molecular formula is C16H30N2O4Si. The molecule has 23 heavy (non-hydrogen) atoms. The number of hydrogen-bond donors (Lipinski definition) is 0. The normalized spacial score (nSPS) is 20.2. The highest BCUT2D eigenvalue weighted by Gasteiger charge is 2.21. The molecule has 132 valence electrons. The summed E-state index contributed by atoms with van der Waals surface area (Å²) in [6.45, 7) is 8.42. The van der Waals surface area contributed by atoms with E-state index < -0.39 is 8.07 Å². The fourth-order valence-electron chi connectivity index (χ4n) is 2.02. The van der Waals surface area contributed by atoms with Crippen LogP contribution in [0.5, 0.6) is 0 Å². The van der Waals surface area contributed by atoms with E-state index in [2.05, 4.69) is 19.6 Å². The maximum absolute atomic E-state index is 12.2. The smallest absolute Gasteiger partial charge is 0.409 e. The van der Waals surface area contributed by atoms with Crippen LogP contribution in [0.4, 0.5) is 9.59 Å². The second kappa shape index (κ2) is 8.96. The molecule has 1 aliphatic rings. The van der Waals surface area contributed by atoms with Crippen molar-refractivity contribution in [1.29, 1.82) is 0 Å². The zero-order chi connectivity index (χ0) is 17.5. The predicted octanol–water partition coefficient (Wildman–Crippen LogP) is 3.18. The summed E-state index contributed by atoms with van der Waals surface area (Å²) in [4.78, 5) is 26.9. The summed E-state index contributed by atoms with van der Waals surface area (Å²) in [6.07, 6.45) is 4.23. The lowest BCUT2D eigenvalue weighted by Crippen LogP contribution is -2.37. The lowest BCUT2D eigenvalue weighted by atomic mass is 10.1. The molecule has 0 spiro atoms. The van der Waals surface area contributed by atoms with Crippen LogP contribution in [0.2, 0.25) is 25.7 Å². The van der Waals surface area contributed by atoms with Crippen LogP contribution in [-0.4, -0.2) is 70.0 Å². The molecule has 0 radical (unpaired) electrons. The van der Waals surface area contributed by atoms with Gasteiger partial charge >= 0.3 is 12.2 Å². The van der Waals surface area contributed by atoms with E-state index in [1.165, 1.54) is 4.90 Å². The topological polar surface area (TPSA) is 59.1 Å². The molecule has 0 fully saturated rings. The van der Waals surface area contributed by atoms with Gasteiger partial charge in [-0.05, 0) is 18.5 Å². The molecule has 0 aromatic rings. The van der Waals surface area contributed by atoms with Crippen LogP contribution in [-0.2, 0) is 9.47 Å². The molecule has 6 nitrogen and oxygen atoms in total. The van der Waals surface area contributed by atoms with Crippen molar-refractivity contribution in [1.82, 2.24) is 9.80 Å². The van der Waals surface area contributed by atoms with Gasteiger partial charge in [0.1, 0.15) is 6.10 Å². The SMILES string of the molecule is CN(C)C(=O)O[C@@H]1/C=C/CCN(C(=O)OCC[Si](C)(C)C)CC1. The minimum atomic E-state index is -1.20. The number of nitrogens with zero attached hydrogens (tertiary/aromatic N) is 2. The van der Waals surface area contributed by atoms with Crippen molar-refractivity contribution in [3.05, 3.63) is 12.2 Å². The molecule has 1 aliphatic heterocycles. The van der Waals surface area contributed by atoms with Crippen LogP contribution in [0, 0.1) is 0 Å². The van der Waals surface area contributed by atoms with E-state index in [-0.39, 0.29) is 18.3 Å². The third kappa shape index (κ3) is 8.06. The molecule has 0 bridgehead atoms. The van der Waals surface area contributed by atoms with Crippen molar-refractivity contribution in [3.63, 3.8) is 0 Å². The maximum Gasteiger partial charge on any atom is 0.409 e. The van der Waals surface area contributed by atoms with Gasteiger partial charge in [-0.1, -0.05) is 25.7 Å². The Morgan fingerprint density at radius 2 is 1.96 bits per heavy atom. The molecule has 0 aliphatic carbocycles. The Bertz CT molecular complexity index is 432. The second-order valence-electron chi connectivity index (χ2n) is 7.23. The highest BCUT2D eigenvalue weighted by molar-refractivity contribution is 6.76. The standard InChI is InChI=1S/C16H30N2O4Si/c1-17(2)15(19)22-14-8-6-7-10-18(11-9-14)16(20)21-12-13-23(3,4)5/h6,8,14H,7,9-13H2,1-5H3/b8-6+/t14-/m1/s1. The summed E-state index contributed by atoms with van der Waals surface area (Å²) >= 11 is 0. The minimum Gasteiger partial charge on any atom is -0.450 e. The number of ether oxygens (including phenoxy) is 2. The average Bonchev–Trinajstić information content (AvgIpc) is 2.40.